The molecule has 1 aromatic carbocycles. The molecule has 1 saturated heterocycles. The fourth-order valence-electron chi connectivity index (χ4n) is 2.28. The molecule has 0 bridgehead atoms. The third-order valence-electron chi connectivity index (χ3n) is 3.40. The minimum absolute atomic E-state index is 0.0253. The number of nitrogens with one attached hydrogen (secondary N) is 1. The van der Waals surface area contributed by atoms with E-state index < -0.39 is 0 Å². The van der Waals surface area contributed by atoms with Crippen molar-refractivity contribution in [3.8, 4) is 0 Å². The van der Waals surface area contributed by atoms with Crippen molar-refractivity contribution in [2.45, 2.75) is 38.7 Å². The van der Waals surface area contributed by atoms with Gasteiger partial charge in [-0.15, -0.1) is 0 Å². The van der Waals surface area contributed by atoms with Crippen LogP contribution in [-0.4, -0.2) is 25.2 Å². The van der Waals surface area contributed by atoms with E-state index in [9.17, 15) is 4.79 Å². The van der Waals surface area contributed by atoms with Gasteiger partial charge in [0.15, 0.2) is 0 Å². The summed E-state index contributed by atoms with van der Waals surface area (Å²) in [5.74, 6) is -0.0253. The number of carbonyl (C=O) groups is 1. The third kappa shape index (κ3) is 4.32. The van der Waals surface area contributed by atoms with E-state index in [1.54, 1.807) is 0 Å². The van der Waals surface area contributed by atoms with Gasteiger partial charge < -0.3 is 10.1 Å². The van der Waals surface area contributed by atoms with E-state index in [1.807, 2.05) is 25.1 Å². The van der Waals surface area contributed by atoms with Gasteiger partial charge in [0, 0.05) is 17.6 Å². The molecule has 1 unspecified atom stereocenters. The van der Waals surface area contributed by atoms with Crippen molar-refractivity contribution < 1.29 is 9.53 Å². The largest absolute Gasteiger partial charge is 0.378 e. The van der Waals surface area contributed by atoms with Crippen LogP contribution in [0.4, 0.5) is 0 Å². The first-order chi connectivity index (χ1) is 9.16. The molecule has 4 heteroatoms. The molecule has 0 spiro atoms. The van der Waals surface area contributed by atoms with E-state index in [0.717, 1.165) is 29.5 Å². The van der Waals surface area contributed by atoms with Gasteiger partial charge in [-0.2, -0.15) is 0 Å². The van der Waals surface area contributed by atoms with Crippen molar-refractivity contribution in [2.75, 3.05) is 13.2 Å². The standard InChI is InChI=1S/C15H20BrNO2/c1-11-5-6-13(14(16)10-11)15(18)17-8-7-12-4-2-3-9-19-12/h5-6,10,12H,2-4,7-9H2,1H3,(H,17,18). The Morgan fingerprint density at radius 3 is 3.00 bits per heavy atom. The lowest BCUT2D eigenvalue weighted by Gasteiger charge is -2.22. The number of amides is 1. The second-order valence-corrected chi connectivity index (χ2v) is 5.87. The monoisotopic (exact) mass is 325 g/mol. The van der Waals surface area contributed by atoms with E-state index in [0.29, 0.717) is 18.2 Å². The van der Waals surface area contributed by atoms with Gasteiger partial charge in [0.05, 0.1) is 11.7 Å². The summed E-state index contributed by atoms with van der Waals surface area (Å²) in [6, 6.07) is 5.76. The van der Waals surface area contributed by atoms with Crippen LogP contribution in [0.15, 0.2) is 22.7 Å². The first-order valence-electron chi connectivity index (χ1n) is 6.83. The number of halogens is 1. The Balaban J connectivity index is 1.80. The van der Waals surface area contributed by atoms with Gasteiger partial charge in [-0.05, 0) is 66.2 Å². The topological polar surface area (TPSA) is 38.3 Å². The van der Waals surface area contributed by atoms with Crippen LogP contribution in [-0.2, 0) is 4.74 Å². The van der Waals surface area contributed by atoms with Gasteiger partial charge in [-0.25, -0.2) is 0 Å². The van der Waals surface area contributed by atoms with Crippen LogP contribution in [0.5, 0.6) is 0 Å². The van der Waals surface area contributed by atoms with Crippen molar-refractivity contribution in [2.24, 2.45) is 0 Å². The van der Waals surface area contributed by atoms with E-state index in [4.69, 9.17) is 4.74 Å². The van der Waals surface area contributed by atoms with Crippen LogP contribution in [0.3, 0.4) is 0 Å². The van der Waals surface area contributed by atoms with Gasteiger partial charge in [-0.1, -0.05) is 6.07 Å². The molecule has 1 atom stereocenters. The number of benzene rings is 1. The Kier molecular flexibility index (Phi) is 5.40. The summed E-state index contributed by atoms with van der Waals surface area (Å²) in [5, 5.41) is 2.96. The summed E-state index contributed by atoms with van der Waals surface area (Å²) in [5.41, 5.74) is 1.83. The van der Waals surface area contributed by atoms with Crippen molar-refractivity contribution in [1.29, 1.82) is 0 Å². The summed E-state index contributed by atoms with van der Waals surface area (Å²) >= 11 is 3.43. The van der Waals surface area contributed by atoms with Crippen molar-refractivity contribution in [3.05, 3.63) is 33.8 Å². The van der Waals surface area contributed by atoms with Gasteiger partial charge >= 0.3 is 0 Å². The molecule has 1 amide bonds. The summed E-state index contributed by atoms with van der Waals surface area (Å²) in [6.07, 6.45) is 4.73. The fraction of sp³-hybridized carbons (Fsp3) is 0.533. The fourth-order valence-corrected chi connectivity index (χ4v) is 2.95. The molecule has 3 nitrogen and oxygen atoms in total. The van der Waals surface area contributed by atoms with Crippen molar-refractivity contribution in [1.82, 2.24) is 5.32 Å². The first-order valence-corrected chi connectivity index (χ1v) is 7.62. The normalized spacial score (nSPS) is 19.2. The molecule has 1 fully saturated rings. The lowest BCUT2D eigenvalue weighted by atomic mass is 10.1. The molecule has 1 aliphatic rings. The zero-order valence-electron chi connectivity index (χ0n) is 11.2. The van der Waals surface area contributed by atoms with E-state index in [-0.39, 0.29) is 5.91 Å². The predicted octanol–water partition coefficient (Wildman–Crippen LogP) is 3.45. The second-order valence-electron chi connectivity index (χ2n) is 5.02. The molecule has 1 heterocycles. The molecule has 0 aliphatic carbocycles. The SMILES string of the molecule is Cc1ccc(C(=O)NCCC2CCCCO2)c(Br)c1. The van der Waals surface area contributed by atoms with E-state index in [2.05, 4.69) is 21.2 Å². The van der Waals surface area contributed by atoms with Gasteiger partial charge in [0.25, 0.3) is 5.91 Å². The van der Waals surface area contributed by atoms with E-state index in [1.165, 1.54) is 12.8 Å². The number of rotatable bonds is 4. The summed E-state index contributed by atoms with van der Waals surface area (Å²) in [7, 11) is 0. The van der Waals surface area contributed by atoms with Crippen LogP contribution in [0.1, 0.15) is 41.6 Å². The van der Waals surface area contributed by atoms with E-state index >= 15 is 0 Å². The molecule has 0 radical (unpaired) electrons. The highest BCUT2D eigenvalue weighted by molar-refractivity contribution is 9.10. The average molecular weight is 326 g/mol. The number of carbonyl (C=O) groups excluding carboxylic acids is 1. The van der Waals surface area contributed by atoms with Gasteiger partial charge in [-0.3, -0.25) is 4.79 Å². The summed E-state index contributed by atoms with van der Waals surface area (Å²) < 4.78 is 6.49. The van der Waals surface area contributed by atoms with Crippen LogP contribution in [0.25, 0.3) is 0 Å². The number of hydrogen-bond acceptors (Lipinski definition) is 2. The van der Waals surface area contributed by atoms with Crippen LogP contribution in [0, 0.1) is 6.92 Å². The summed E-state index contributed by atoms with van der Waals surface area (Å²) in [6.45, 7) is 3.54. The van der Waals surface area contributed by atoms with Crippen molar-refractivity contribution in [3.63, 3.8) is 0 Å². The molecule has 104 valence electrons. The maximum atomic E-state index is 12.0. The molecular weight excluding hydrogens is 306 g/mol. The Morgan fingerprint density at radius 2 is 2.32 bits per heavy atom. The quantitative estimate of drug-likeness (QED) is 0.920. The van der Waals surface area contributed by atoms with Gasteiger partial charge in [0.2, 0.25) is 0 Å². The Labute approximate surface area is 122 Å². The van der Waals surface area contributed by atoms with Gasteiger partial charge in [0.1, 0.15) is 0 Å². The predicted molar refractivity (Wildman–Crippen MR) is 79.4 cm³/mol. The zero-order valence-corrected chi connectivity index (χ0v) is 12.8. The molecule has 0 aromatic heterocycles. The molecule has 1 aromatic rings. The molecule has 0 saturated carbocycles. The number of ether oxygens (including phenoxy) is 1. The Morgan fingerprint density at radius 1 is 1.47 bits per heavy atom. The zero-order chi connectivity index (χ0) is 13.7. The highest BCUT2D eigenvalue weighted by atomic mass is 79.9. The molecule has 2 rings (SSSR count). The Bertz CT molecular complexity index is 442. The van der Waals surface area contributed by atoms with Crippen LogP contribution in [0.2, 0.25) is 0 Å². The van der Waals surface area contributed by atoms with Crippen LogP contribution < -0.4 is 5.32 Å². The smallest absolute Gasteiger partial charge is 0.252 e. The van der Waals surface area contributed by atoms with Crippen LogP contribution >= 0.6 is 15.9 Å². The maximum Gasteiger partial charge on any atom is 0.252 e. The molecular formula is C15H20BrNO2. The lowest BCUT2D eigenvalue weighted by Crippen LogP contribution is -2.29. The average Bonchev–Trinajstić information content (AvgIpc) is 2.39. The first kappa shape index (κ1) is 14.5. The lowest BCUT2D eigenvalue weighted by molar-refractivity contribution is 0.0117. The minimum Gasteiger partial charge on any atom is -0.378 e. The van der Waals surface area contributed by atoms with Crippen molar-refractivity contribution >= 4 is 21.8 Å². The molecule has 19 heavy (non-hydrogen) atoms. The second kappa shape index (κ2) is 7.06. The highest BCUT2D eigenvalue weighted by Crippen LogP contribution is 2.18. The number of aryl methyl sites for hydroxylation is 1. The molecule has 1 N–H and O–H groups in total. The minimum atomic E-state index is -0.0253. The number of hydrogen-bond donors (Lipinski definition) is 1. The maximum absolute atomic E-state index is 12.0. The third-order valence-corrected chi connectivity index (χ3v) is 4.05. The highest BCUT2D eigenvalue weighted by Gasteiger charge is 2.14. The Hall–Kier alpha value is -0.870. The molecule has 1 aliphatic heterocycles. The summed E-state index contributed by atoms with van der Waals surface area (Å²) in [4.78, 5) is 12.0.